The fraction of sp³-hybridized carbons (Fsp3) is 0.261. The average Bonchev–Trinajstić information content (AvgIpc) is 3.44. The van der Waals surface area contributed by atoms with Crippen LogP contribution in [-0.4, -0.2) is 47.1 Å². The van der Waals surface area contributed by atoms with Gasteiger partial charge in [0.2, 0.25) is 0 Å². The van der Waals surface area contributed by atoms with E-state index in [2.05, 4.69) is 39.8 Å². The van der Waals surface area contributed by atoms with Crippen molar-refractivity contribution in [2.24, 2.45) is 0 Å². The molecule has 9 heteroatoms. The molecule has 32 heavy (non-hydrogen) atoms. The minimum Gasteiger partial charge on any atom is -0.355 e. The van der Waals surface area contributed by atoms with Crippen molar-refractivity contribution in [3.8, 4) is 11.3 Å². The molecule has 0 aliphatic rings. The molecular weight excluding hydrogens is 512 g/mol. The Balaban J connectivity index is 0.00000289. The van der Waals surface area contributed by atoms with Gasteiger partial charge in [0.15, 0.2) is 16.6 Å². The van der Waals surface area contributed by atoms with Gasteiger partial charge in [0, 0.05) is 29.2 Å². The van der Waals surface area contributed by atoms with Crippen LogP contribution < -0.4 is 4.90 Å². The van der Waals surface area contributed by atoms with Crippen molar-refractivity contribution in [2.75, 3.05) is 31.1 Å². The van der Waals surface area contributed by atoms with E-state index in [-0.39, 0.29) is 24.0 Å². The number of nitrogens with zero attached hydrogens (tertiary/aromatic N) is 4. The standard InChI is InChI=1S/C23H23BrN4O2S.ClH/c1-3-27(4-2)12-13-28(23-25-18-11-10-17(24)14-21(18)31-23)22(29)19-15-20(30-26-19)16-8-6-5-7-9-16;/h5-11,14-15H,3-4,12-13H2,1-2H3;1H. The molecule has 2 aromatic heterocycles. The van der Waals surface area contributed by atoms with Gasteiger partial charge >= 0.3 is 0 Å². The Bertz CT molecular complexity index is 1180. The van der Waals surface area contributed by atoms with E-state index in [1.165, 1.54) is 11.3 Å². The van der Waals surface area contributed by atoms with Crippen LogP contribution in [0.4, 0.5) is 5.13 Å². The lowest BCUT2D eigenvalue weighted by Gasteiger charge is -2.24. The Kier molecular flexibility index (Phi) is 8.42. The van der Waals surface area contributed by atoms with Crippen molar-refractivity contribution in [1.29, 1.82) is 0 Å². The summed E-state index contributed by atoms with van der Waals surface area (Å²) in [5.74, 6) is 0.358. The van der Waals surface area contributed by atoms with Gasteiger partial charge in [-0.1, -0.05) is 76.6 Å². The summed E-state index contributed by atoms with van der Waals surface area (Å²) >= 11 is 5.01. The van der Waals surface area contributed by atoms with Gasteiger partial charge in [0.1, 0.15) is 0 Å². The third-order valence-electron chi connectivity index (χ3n) is 5.14. The van der Waals surface area contributed by atoms with E-state index in [1.807, 2.05) is 48.5 Å². The molecule has 168 valence electrons. The first-order valence-corrected chi connectivity index (χ1v) is 11.8. The molecule has 0 atom stereocenters. The zero-order valence-electron chi connectivity index (χ0n) is 17.8. The minimum absolute atomic E-state index is 0. The monoisotopic (exact) mass is 534 g/mol. The summed E-state index contributed by atoms with van der Waals surface area (Å²) in [4.78, 5) is 22.2. The normalized spacial score (nSPS) is 11.0. The van der Waals surface area contributed by atoms with Crippen LogP contribution >= 0.6 is 39.7 Å². The predicted octanol–water partition coefficient (Wildman–Crippen LogP) is 6.12. The molecule has 0 fully saturated rings. The molecular formula is C23H24BrClN4O2S. The van der Waals surface area contributed by atoms with Gasteiger partial charge in [0.25, 0.3) is 5.91 Å². The van der Waals surface area contributed by atoms with Gasteiger partial charge < -0.3 is 9.42 Å². The first kappa shape index (κ1) is 24.4. The maximum Gasteiger partial charge on any atom is 0.282 e. The number of carbonyl (C=O) groups excluding carboxylic acids is 1. The van der Waals surface area contributed by atoms with Crippen molar-refractivity contribution in [3.05, 3.63) is 64.8 Å². The van der Waals surface area contributed by atoms with Gasteiger partial charge in [-0.25, -0.2) is 4.98 Å². The lowest BCUT2D eigenvalue weighted by atomic mass is 10.1. The van der Waals surface area contributed by atoms with Gasteiger partial charge in [-0.3, -0.25) is 9.69 Å². The number of hydrogen-bond acceptors (Lipinski definition) is 6. The van der Waals surface area contributed by atoms with Gasteiger partial charge in [-0.05, 0) is 31.3 Å². The highest BCUT2D eigenvalue weighted by Gasteiger charge is 2.25. The predicted molar refractivity (Wildman–Crippen MR) is 136 cm³/mol. The van der Waals surface area contributed by atoms with Crippen LogP contribution in [0.1, 0.15) is 24.3 Å². The van der Waals surface area contributed by atoms with Crippen LogP contribution in [0.25, 0.3) is 21.5 Å². The lowest BCUT2D eigenvalue weighted by Crippen LogP contribution is -2.39. The number of likely N-dealkylation sites (N-methyl/N-ethyl adjacent to an activating group) is 1. The summed E-state index contributed by atoms with van der Waals surface area (Å²) in [5, 5.41) is 4.73. The van der Waals surface area contributed by atoms with Crippen LogP contribution in [0.5, 0.6) is 0 Å². The van der Waals surface area contributed by atoms with Crippen LogP contribution in [0.3, 0.4) is 0 Å². The minimum atomic E-state index is -0.212. The number of carbonyl (C=O) groups is 1. The van der Waals surface area contributed by atoms with Gasteiger partial charge in [0.05, 0.1) is 10.2 Å². The fourth-order valence-electron chi connectivity index (χ4n) is 3.32. The van der Waals surface area contributed by atoms with E-state index in [4.69, 9.17) is 9.51 Å². The molecule has 0 spiro atoms. The van der Waals surface area contributed by atoms with Gasteiger partial charge in [-0.15, -0.1) is 12.4 Å². The summed E-state index contributed by atoms with van der Waals surface area (Å²) in [6.45, 7) is 7.36. The number of halogens is 2. The highest BCUT2D eigenvalue weighted by molar-refractivity contribution is 9.10. The SMILES string of the molecule is CCN(CC)CCN(C(=O)c1cc(-c2ccccc2)on1)c1nc2ccc(Br)cc2s1.Cl. The smallest absolute Gasteiger partial charge is 0.282 e. The summed E-state index contributed by atoms with van der Waals surface area (Å²) in [7, 11) is 0. The van der Waals surface area contributed by atoms with Crippen LogP contribution in [0.15, 0.2) is 63.6 Å². The number of benzene rings is 2. The lowest BCUT2D eigenvalue weighted by molar-refractivity contribution is 0.0975. The first-order valence-electron chi connectivity index (χ1n) is 10.2. The molecule has 0 bridgehead atoms. The molecule has 0 unspecified atom stereocenters. The van der Waals surface area contributed by atoms with E-state index in [1.54, 1.807) is 11.0 Å². The third-order valence-corrected chi connectivity index (χ3v) is 6.67. The zero-order valence-corrected chi connectivity index (χ0v) is 21.0. The Hall–Kier alpha value is -2.26. The highest BCUT2D eigenvalue weighted by Crippen LogP contribution is 2.32. The molecule has 0 radical (unpaired) electrons. The molecule has 0 N–H and O–H groups in total. The van der Waals surface area contributed by atoms with E-state index >= 15 is 0 Å². The molecule has 1 amide bonds. The Morgan fingerprint density at radius 2 is 1.81 bits per heavy atom. The molecule has 0 aliphatic carbocycles. The summed E-state index contributed by atoms with van der Waals surface area (Å²) in [6.07, 6.45) is 0. The number of fused-ring (bicyclic) bond motifs is 1. The first-order chi connectivity index (χ1) is 15.1. The molecule has 0 saturated heterocycles. The topological polar surface area (TPSA) is 62.5 Å². The second-order valence-electron chi connectivity index (χ2n) is 7.03. The quantitative estimate of drug-likeness (QED) is 0.272. The summed E-state index contributed by atoms with van der Waals surface area (Å²) < 4.78 is 7.48. The van der Waals surface area contributed by atoms with Crippen LogP contribution in [0, 0.1) is 0 Å². The van der Waals surface area contributed by atoms with Crippen molar-refractivity contribution >= 4 is 60.9 Å². The molecule has 2 aromatic carbocycles. The zero-order chi connectivity index (χ0) is 21.8. The van der Waals surface area contributed by atoms with Gasteiger partial charge in [-0.2, -0.15) is 0 Å². The van der Waals surface area contributed by atoms with E-state index in [0.717, 1.165) is 39.9 Å². The summed E-state index contributed by atoms with van der Waals surface area (Å²) in [6, 6.07) is 17.3. The molecule has 4 rings (SSSR count). The van der Waals surface area contributed by atoms with E-state index < -0.39 is 0 Å². The van der Waals surface area contributed by atoms with Crippen molar-refractivity contribution in [3.63, 3.8) is 0 Å². The second kappa shape index (κ2) is 11.0. The number of rotatable bonds is 8. The number of hydrogen-bond donors (Lipinski definition) is 0. The number of thiazole rings is 1. The molecule has 2 heterocycles. The molecule has 4 aromatic rings. The highest BCUT2D eigenvalue weighted by atomic mass is 79.9. The fourth-order valence-corrected chi connectivity index (χ4v) is 4.86. The van der Waals surface area contributed by atoms with Crippen molar-refractivity contribution in [2.45, 2.75) is 13.8 Å². The molecule has 0 saturated carbocycles. The molecule has 0 aliphatic heterocycles. The Morgan fingerprint density at radius 3 is 2.53 bits per heavy atom. The molecule has 6 nitrogen and oxygen atoms in total. The van der Waals surface area contributed by atoms with E-state index in [0.29, 0.717) is 17.4 Å². The average molecular weight is 536 g/mol. The third kappa shape index (κ3) is 5.38. The van der Waals surface area contributed by atoms with E-state index in [9.17, 15) is 4.79 Å². The number of aromatic nitrogens is 2. The Labute approximate surface area is 205 Å². The number of anilines is 1. The largest absolute Gasteiger partial charge is 0.355 e. The maximum absolute atomic E-state index is 13.5. The Morgan fingerprint density at radius 1 is 1.06 bits per heavy atom. The second-order valence-corrected chi connectivity index (χ2v) is 8.96. The van der Waals surface area contributed by atoms with Crippen molar-refractivity contribution in [1.82, 2.24) is 15.0 Å². The van der Waals surface area contributed by atoms with Crippen molar-refractivity contribution < 1.29 is 9.32 Å². The van der Waals surface area contributed by atoms with Crippen LogP contribution in [0.2, 0.25) is 0 Å². The van der Waals surface area contributed by atoms with Crippen LogP contribution in [-0.2, 0) is 0 Å². The maximum atomic E-state index is 13.5. The summed E-state index contributed by atoms with van der Waals surface area (Å²) in [5.41, 5.74) is 2.03. The number of amides is 1.